The molecule has 0 amide bonds. The Bertz CT molecular complexity index is 609. The molecule has 0 atom stereocenters. The molecule has 0 saturated carbocycles. The van der Waals surface area contributed by atoms with Gasteiger partial charge in [-0.25, -0.2) is 4.79 Å². The molecule has 2 rings (SSSR count). The molecule has 0 spiro atoms. The first-order valence-electron chi connectivity index (χ1n) is 6.17. The standard InChI is InChI=1S/C16H15IO3/c1-11-8-15(14(17)9-13(11)16(18)19-2)20-10-12-6-4-3-5-7-12/h3-9H,10H2,1-2H3. The third-order valence-electron chi connectivity index (χ3n) is 2.92. The van der Waals surface area contributed by atoms with E-state index in [0.29, 0.717) is 12.2 Å². The summed E-state index contributed by atoms with van der Waals surface area (Å²) in [5.41, 5.74) is 2.53. The molecule has 0 unspecified atom stereocenters. The van der Waals surface area contributed by atoms with Crippen LogP contribution in [0.2, 0.25) is 0 Å². The van der Waals surface area contributed by atoms with Gasteiger partial charge in [0.1, 0.15) is 12.4 Å². The van der Waals surface area contributed by atoms with E-state index < -0.39 is 0 Å². The number of rotatable bonds is 4. The summed E-state index contributed by atoms with van der Waals surface area (Å²) in [6.07, 6.45) is 0. The zero-order valence-corrected chi connectivity index (χ0v) is 13.5. The van der Waals surface area contributed by atoms with Gasteiger partial charge in [-0.05, 0) is 52.8 Å². The summed E-state index contributed by atoms with van der Waals surface area (Å²) in [6, 6.07) is 13.6. The minimum Gasteiger partial charge on any atom is -0.488 e. The highest BCUT2D eigenvalue weighted by Gasteiger charge is 2.13. The van der Waals surface area contributed by atoms with E-state index in [0.717, 1.165) is 20.4 Å². The third kappa shape index (κ3) is 3.50. The second-order valence-corrected chi connectivity index (χ2v) is 5.53. The van der Waals surface area contributed by atoms with E-state index in [1.807, 2.05) is 43.3 Å². The molecule has 3 nitrogen and oxygen atoms in total. The van der Waals surface area contributed by atoms with E-state index in [4.69, 9.17) is 9.47 Å². The van der Waals surface area contributed by atoms with Crippen molar-refractivity contribution in [3.8, 4) is 5.75 Å². The molecule has 0 N–H and O–H groups in total. The molecule has 0 aromatic heterocycles. The average molecular weight is 382 g/mol. The van der Waals surface area contributed by atoms with Gasteiger partial charge in [0, 0.05) is 0 Å². The topological polar surface area (TPSA) is 35.5 Å². The van der Waals surface area contributed by atoms with Gasteiger partial charge in [0.25, 0.3) is 0 Å². The number of hydrogen-bond acceptors (Lipinski definition) is 3. The summed E-state index contributed by atoms with van der Waals surface area (Å²) in [5.74, 6) is 0.453. The zero-order valence-electron chi connectivity index (χ0n) is 11.4. The third-order valence-corrected chi connectivity index (χ3v) is 3.76. The number of benzene rings is 2. The van der Waals surface area contributed by atoms with Crippen molar-refractivity contribution in [2.45, 2.75) is 13.5 Å². The average Bonchev–Trinajstić information content (AvgIpc) is 2.48. The van der Waals surface area contributed by atoms with Crippen LogP contribution in [-0.2, 0) is 11.3 Å². The number of ether oxygens (including phenoxy) is 2. The molecule has 0 saturated heterocycles. The molecule has 0 heterocycles. The normalized spacial score (nSPS) is 10.2. The Morgan fingerprint density at radius 1 is 1.20 bits per heavy atom. The van der Waals surface area contributed by atoms with Crippen molar-refractivity contribution >= 4 is 28.6 Å². The fraction of sp³-hybridized carbons (Fsp3) is 0.188. The van der Waals surface area contributed by atoms with Crippen molar-refractivity contribution in [2.75, 3.05) is 7.11 Å². The van der Waals surface area contributed by atoms with Crippen LogP contribution in [-0.4, -0.2) is 13.1 Å². The smallest absolute Gasteiger partial charge is 0.338 e. The number of halogens is 1. The molecule has 0 fully saturated rings. The lowest BCUT2D eigenvalue weighted by molar-refractivity contribution is 0.0599. The minimum atomic E-state index is -0.324. The van der Waals surface area contributed by atoms with Crippen molar-refractivity contribution in [3.05, 3.63) is 62.7 Å². The lowest BCUT2D eigenvalue weighted by Gasteiger charge is -2.11. The Labute approximate surface area is 132 Å². The monoisotopic (exact) mass is 382 g/mol. The van der Waals surface area contributed by atoms with Crippen LogP contribution in [0.4, 0.5) is 0 Å². The van der Waals surface area contributed by atoms with E-state index in [1.165, 1.54) is 7.11 Å². The summed E-state index contributed by atoms with van der Waals surface area (Å²) in [7, 11) is 1.38. The summed E-state index contributed by atoms with van der Waals surface area (Å²) in [5, 5.41) is 0. The molecule has 0 aliphatic rings. The number of aryl methyl sites for hydroxylation is 1. The van der Waals surface area contributed by atoms with Gasteiger partial charge in [0.15, 0.2) is 0 Å². The van der Waals surface area contributed by atoms with Crippen molar-refractivity contribution in [2.24, 2.45) is 0 Å². The lowest BCUT2D eigenvalue weighted by Crippen LogP contribution is -2.06. The molecule has 0 aliphatic heterocycles. The van der Waals surface area contributed by atoms with Gasteiger partial charge in [0.05, 0.1) is 16.2 Å². The van der Waals surface area contributed by atoms with Crippen LogP contribution in [0.1, 0.15) is 21.5 Å². The number of methoxy groups -OCH3 is 1. The molecule has 4 heteroatoms. The summed E-state index contributed by atoms with van der Waals surface area (Å²) in [6.45, 7) is 2.38. The lowest BCUT2D eigenvalue weighted by atomic mass is 10.1. The number of esters is 1. The van der Waals surface area contributed by atoms with Gasteiger partial charge < -0.3 is 9.47 Å². The van der Waals surface area contributed by atoms with E-state index >= 15 is 0 Å². The fourth-order valence-corrected chi connectivity index (χ4v) is 2.45. The molecular weight excluding hydrogens is 367 g/mol. The molecular formula is C16H15IO3. The number of carbonyl (C=O) groups is 1. The van der Waals surface area contributed by atoms with Crippen LogP contribution >= 0.6 is 22.6 Å². The van der Waals surface area contributed by atoms with E-state index in [2.05, 4.69) is 22.6 Å². The first-order chi connectivity index (χ1) is 9.61. The summed E-state index contributed by atoms with van der Waals surface area (Å²) >= 11 is 2.16. The first-order valence-corrected chi connectivity index (χ1v) is 7.25. The molecule has 0 bridgehead atoms. The van der Waals surface area contributed by atoms with Gasteiger partial charge in [-0.1, -0.05) is 30.3 Å². The predicted molar refractivity (Wildman–Crippen MR) is 86.0 cm³/mol. The highest BCUT2D eigenvalue weighted by atomic mass is 127. The maximum Gasteiger partial charge on any atom is 0.338 e. The molecule has 2 aromatic carbocycles. The van der Waals surface area contributed by atoms with E-state index in [-0.39, 0.29) is 5.97 Å². The summed E-state index contributed by atoms with van der Waals surface area (Å²) < 4.78 is 11.5. The highest BCUT2D eigenvalue weighted by Crippen LogP contribution is 2.26. The second-order valence-electron chi connectivity index (χ2n) is 4.36. The molecule has 0 radical (unpaired) electrons. The zero-order chi connectivity index (χ0) is 14.5. The van der Waals surface area contributed by atoms with Gasteiger partial charge in [-0.15, -0.1) is 0 Å². The first kappa shape index (κ1) is 14.8. The van der Waals surface area contributed by atoms with E-state index in [9.17, 15) is 4.79 Å². The Balaban J connectivity index is 2.17. The minimum absolute atomic E-state index is 0.324. The summed E-state index contributed by atoms with van der Waals surface area (Å²) in [4.78, 5) is 11.6. The fourth-order valence-electron chi connectivity index (χ4n) is 1.83. The van der Waals surface area contributed by atoms with E-state index in [1.54, 1.807) is 6.07 Å². The van der Waals surface area contributed by atoms with Crippen molar-refractivity contribution in [1.82, 2.24) is 0 Å². The Kier molecular flexibility index (Phi) is 5.00. The van der Waals surface area contributed by atoms with Crippen LogP contribution < -0.4 is 4.74 Å². The van der Waals surface area contributed by atoms with Crippen LogP contribution in [0.5, 0.6) is 5.75 Å². The van der Waals surface area contributed by atoms with Crippen molar-refractivity contribution < 1.29 is 14.3 Å². The maximum absolute atomic E-state index is 11.6. The van der Waals surface area contributed by atoms with Crippen LogP contribution in [0.15, 0.2) is 42.5 Å². The van der Waals surface area contributed by atoms with Gasteiger partial charge in [0.2, 0.25) is 0 Å². The van der Waals surface area contributed by atoms with Crippen molar-refractivity contribution in [3.63, 3.8) is 0 Å². The SMILES string of the molecule is COC(=O)c1cc(I)c(OCc2ccccc2)cc1C. The Hall–Kier alpha value is -1.56. The van der Waals surface area contributed by atoms with Crippen LogP contribution in [0, 0.1) is 10.5 Å². The predicted octanol–water partition coefficient (Wildman–Crippen LogP) is 3.97. The molecule has 0 aliphatic carbocycles. The molecule has 104 valence electrons. The quantitative estimate of drug-likeness (QED) is 0.593. The largest absolute Gasteiger partial charge is 0.488 e. The van der Waals surface area contributed by atoms with Crippen molar-refractivity contribution in [1.29, 1.82) is 0 Å². The highest BCUT2D eigenvalue weighted by molar-refractivity contribution is 14.1. The van der Waals surface area contributed by atoms with Crippen LogP contribution in [0.3, 0.4) is 0 Å². The Morgan fingerprint density at radius 2 is 1.90 bits per heavy atom. The number of hydrogen-bond donors (Lipinski definition) is 0. The second kappa shape index (κ2) is 6.74. The molecule has 2 aromatic rings. The molecule has 20 heavy (non-hydrogen) atoms. The van der Waals surface area contributed by atoms with Gasteiger partial charge in [-0.2, -0.15) is 0 Å². The van der Waals surface area contributed by atoms with Gasteiger partial charge >= 0.3 is 5.97 Å². The Morgan fingerprint density at radius 3 is 2.55 bits per heavy atom. The number of carbonyl (C=O) groups excluding carboxylic acids is 1. The maximum atomic E-state index is 11.6. The van der Waals surface area contributed by atoms with Crippen LogP contribution in [0.25, 0.3) is 0 Å². The van der Waals surface area contributed by atoms with Gasteiger partial charge in [-0.3, -0.25) is 0 Å².